The van der Waals surface area contributed by atoms with Crippen LogP contribution in [0.15, 0.2) is 11.0 Å². The molecule has 6 heteroatoms. The van der Waals surface area contributed by atoms with E-state index >= 15 is 0 Å². The third-order valence-electron chi connectivity index (χ3n) is 1.50. The molecule has 0 aliphatic heterocycles. The van der Waals surface area contributed by atoms with Crippen LogP contribution in [-0.2, 0) is 4.74 Å². The number of hydrogen-bond donors (Lipinski definition) is 1. The minimum absolute atomic E-state index is 0.148. The quantitative estimate of drug-likeness (QED) is 0.637. The van der Waals surface area contributed by atoms with Crippen LogP contribution < -0.4 is 0 Å². The van der Waals surface area contributed by atoms with E-state index in [1.165, 1.54) is 24.9 Å². The largest absolute Gasteiger partial charge is 0.477 e. The van der Waals surface area contributed by atoms with Crippen molar-refractivity contribution in [3.8, 4) is 0 Å². The molecule has 0 amide bonds. The minimum atomic E-state index is -1.03. The number of carboxylic acid groups (broad SMARTS) is 1. The number of thiophene rings is 1. The molecule has 0 radical (unpaired) electrons. The van der Waals surface area contributed by atoms with Crippen LogP contribution in [0.3, 0.4) is 0 Å². The number of methoxy groups -OCH3 is 1. The SMILES string of the molecule is COC(=O)c1sc(C(=O)O)cc1SC. The summed E-state index contributed by atoms with van der Waals surface area (Å²) in [6.07, 6.45) is 1.78. The zero-order valence-electron chi connectivity index (χ0n) is 7.57. The average molecular weight is 232 g/mol. The molecule has 0 saturated carbocycles. The summed E-state index contributed by atoms with van der Waals surface area (Å²) < 4.78 is 4.54. The molecule has 0 spiro atoms. The highest BCUT2D eigenvalue weighted by Gasteiger charge is 2.18. The van der Waals surface area contributed by atoms with E-state index in [4.69, 9.17) is 5.11 Å². The lowest BCUT2D eigenvalue weighted by Crippen LogP contribution is -1.98. The molecule has 1 N–H and O–H groups in total. The van der Waals surface area contributed by atoms with E-state index in [0.717, 1.165) is 11.3 Å². The summed E-state index contributed by atoms with van der Waals surface area (Å²) in [6.45, 7) is 0. The third-order valence-corrected chi connectivity index (χ3v) is 3.49. The predicted octanol–water partition coefficient (Wildman–Crippen LogP) is 1.95. The molecule has 4 nitrogen and oxygen atoms in total. The Balaban J connectivity index is 3.15. The molecule has 14 heavy (non-hydrogen) atoms. The van der Waals surface area contributed by atoms with Gasteiger partial charge in [-0.2, -0.15) is 0 Å². The van der Waals surface area contributed by atoms with Crippen molar-refractivity contribution in [1.82, 2.24) is 0 Å². The van der Waals surface area contributed by atoms with Gasteiger partial charge in [-0.25, -0.2) is 9.59 Å². The Hall–Kier alpha value is -1.01. The molecule has 1 aromatic heterocycles. The van der Waals surface area contributed by atoms with E-state index in [0.29, 0.717) is 9.77 Å². The summed E-state index contributed by atoms with van der Waals surface area (Å²) in [7, 11) is 1.27. The summed E-state index contributed by atoms with van der Waals surface area (Å²) in [6, 6.07) is 1.48. The Morgan fingerprint density at radius 1 is 1.57 bits per heavy atom. The van der Waals surface area contributed by atoms with Crippen LogP contribution in [0.4, 0.5) is 0 Å². The maximum atomic E-state index is 11.2. The summed E-state index contributed by atoms with van der Waals surface area (Å²) in [5.74, 6) is -1.52. The van der Waals surface area contributed by atoms with Crippen molar-refractivity contribution >= 4 is 35.0 Å². The van der Waals surface area contributed by atoms with Gasteiger partial charge in [0.1, 0.15) is 9.75 Å². The maximum absolute atomic E-state index is 11.2. The molecule has 0 aromatic carbocycles. The van der Waals surface area contributed by atoms with E-state index < -0.39 is 11.9 Å². The van der Waals surface area contributed by atoms with Gasteiger partial charge in [0.2, 0.25) is 0 Å². The molecule has 0 atom stereocenters. The molecule has 0 unspecified atom stereocenters. The normalized spacial score (nSPS) is 9.86. The Bertz CT molecular complexity index is 369. The van der Waals surface area contributed by atoms with Crippen molar-refractivity contribution in [2.24, 2.45) is 0 Å². The lowest BCUT2D eigenvalue weighted by molar-refractivity contribution is 0.0602. The van der Waals surface area contributed by atoms with Gasteiger partial charge in [-0.1, -0.05) is 0 Å². The van der Waals surface area contributed by atoms with Gasteiger partial charge in [-0.15, -0.1) is 23.1 Å². The fourth-order valence-corrected chi connectivity index (χ4v) is 2.63. The summed E-state index contributed by atoms with van der Waals surface area (Å²) in [4.78, 5) is 23.0. The second-order valence-electron chi connectivity index (χ2n) is 2.30. The number of carbonyl (C=O) groups excluding carboxylic acids is 1. The number of rotatable bonds is 3. The molecular formula is C8H8O4S2. The van der Waals surface area contributed by atoms with Gasteiger partial charge in [-0.3, -0.25) is 0 Å². The summed E-state index contributed by atoms with van der Waals surface area (Å²) in [5.41, 5.74) is 0. The standard InChI is InChI=1S/C8H8O4S2/c1-12-8(11)6-4(13-2)3-5(14-6)7(9)10/h3H,1-2H3,(H,9,10). The molecule has 76 valence electrons. The highest BCUT2D eigenvalue weighted by molar-refractivity contribution is 7.98. The number of hydrogen-bond acceptors (Lipinski definition) is 5. The maximum Gasteiger partial charge on any atom is 0.349 e. The van der Waals surface area contributed by atoms with Gasteiger partial charge in [-0.05, 0) is 12.3 Å². The number of ether oxygens (including phenoxy) is 1. The van der Waals surface area contributed by atoms with Crippen molar-refractivity contribution in [2.45, 2.75) is 4.90 Å². The fraction of sp³-hybridized carbons (Fsp3) is 0.250. The van der Waals surface area contributed by atoms with Crippen molar-refractivity contribution in [3.63, 3.8) is 0 Å². The lowest BCUT2D eigenvalue weighted by atomic mass is 10.4. The van der Waals surface area contributed by atoms with Crippen molar-refractivity contribution in [2.75, 3.05) is 13.4 Å². The first-order valence-corrected chi connectivity index (χ1v) is 5.63. The van der Waals surface area contributed by atoms with Crippen molar-refractivity contribution in [1.29, 1.82) is 0 Å². The highest BCUT2D eigenvalue weighted by Crippen LogP contribution is 2.30. The Morgan fingerprint density at radius 2 is 2.21 bits per heavy atom. The van der Waals surface area contributed by atoms with Crippen LogP contribution in [0.1, 0.15) is 19.3 Å². The Morgan fingerprint density at radius 3 is 2.64 bits per heavy atom. The van der Waals surface area contributed by atoms with Crippen LogP contribution in [0, 0.1) is 0 Å². The van der Waals surface area contributed by atoms with E-state index in [2.05, 4.69) is 4.74 Å². The second kappa shape index (κ2) is 4.47. The third kappa shape index (κ3) is 2.08. The van der Waals surface area contributed by atoms with E-state index in [1.54, 1.807) is 6.26 Å². The highest BCUT2D eigenvalue weighted by atomic mass is 32.2. The zero-order valence-corrected chi connectivity index (χ0v) is 9.20. The van der Waals surface area contributed by atoms with Gasteiger partial charge in [0.25, 0.3) is 0 Å². The minimum Gasteiger partial charge on any atom is -0.477 e. The van der Waals surface area contributed by atoms with E-state index in [-0.39, 0.29) is 4.88 Å². The van der Waals surface area contributed by atoms with Gasteiger partial charge in [0.15, 0.2) is 0 Å². The average Bonchev–Trinajstić information content (AvgIpc) is 2.60. The number of carbonyl (C=O) groups is 2. The van der Waals surface area contributed by atoms with Crippen LogP contribution in [0.5, 0.6) is 0 Å². The molecule has 0 aliphatic rings. The van der Waals surface area contributed by atoms with Crippen LogP contribution >= 0.6 is 23.1 Å². The number of carboxylic acids is 1. The predicted molar refractivity (Wildman–Crippen MR) is 54.4 cm³/mol. The molecule has 1 aromatic rings. The first-order chi connectivity index (χ1) is 6.60. The second-order valence-corrected chi connectivity index (χ2v) is 4.21. The molecule has 0 fully saturated rings. The Labute approximate surface area is 88.9 Å². The summed E-state index contributed by atoms with van der Waals surface area (Å²) >= 11 is 2.25. The number of aromatic carboxylic acids is 1. The van der Waals surface area contributed by atoms with Gasteiger partial charge in [0.05, 0.1) is 7.11 Å². The van der Waals surface area contributed by atoms with E-state index in [1.807, 2.05) is 0 Å². The van der Waals surface area contributed by atoms with Crippen LogP contribution in [-0.4, -0.2) is 30.4 Å². The van der Waals surface area contributed by atoms with Crippen molar-refractivity contribution < 1.29 is 19.4 Å². The molecule has 1 rings (SSSR count). The number of esters is 1. The fourth-order valence-electron chi connectivity index (χ4n) is 0.866. The molecule has 1 heterocycles. The van der Waals surface area contributed by atoms with Crippen molar-refractivity contribution in [3.05, 3.63) is 15.8 Å². The van der Waals surface area contributed by atoms with Gasteiger partial charge in [0, 0.05) is 4.90 Å². The van der Waals surface area contributed by atoms with Crippen LogP contribution in [0.2, 0.25) is 0 Å². The van der Waals surface area contributed by atoms with Crippen LogP contribution in [0.25, 0.3) is 0 Å². The lowest BCUT2D eigenvalue weighted by Gasteiger charge is -1.96. The topological polar surface area (TPSA) is 63.6 Å². The molecule has 0 saturated heterocycles. The smallest absolute Gasteiger partial charge is 0.349 e. The molecule has 0 aliphatic carbocycles. The Kier molecular flexibility index (Phi) is 3.54. The first kappa shape index (κ1) is 11.1. The molecular weight excluding hydrogens is 224 g/mol. The monoisotopic (exact) mass is 232 g/mol. The zero-order chi connectivity index (χ0) is 10.7. The van der Waals surface area contributed by atoms with Gasteiger partial charge >= 0.3 is 11.9 Å². The van der Waals surface area contributed by atoms with E-state index in [9.17, 15) is 9.59 Å². The number of thioether (sulfide) groups is 1. The first-order valence-electron chi connectivity index (χ1n) is 3.59. The van der Waals surface area contributed by atoms with Gasteiger partial charge < -0.3 is 9.84 Å². The molecule has 0 bridgehead atoms. The summed E-state index contributed by atoms with van der Waals surface area (Å²) in [5, 5.41) is 8.72.